The molecule has 19 heteroatoms. The summed E-state index contributed by atoms with van der Waals surface area (Å²) < 4.78 is 41.8. The van der Waals surface area contributed by atoms with Crippen molar-refractivity contribution < 1.29 is 56.8 Å². The SMILES string of the molecule is CN[C@@H](C)C(=O)N[C@H](C(=O)N1CCC[C@H]1c1nc(C(=O)c2cccc(OCCOCCOCCOCCNC(=O)O[C@H]3C[C@@H](C)C=C4C=C[C@H](C)[C@H](CC[C@@H]5C[C@@H](O[Si](C)(C)C(C)(C)C)CC(=O)O5)[C@H]43)c2)cs1)C1CCCCC1. The van der Waals surface area contributed by atoms with Gasteiger partial charge in [-0.2, -0.15) is 0 Å². The Labute approximate surface area is 474 Å². The van der Waals surface area contributed by atoms with Crippen molar-refractivity contribution in [2.75, 3.05) is 66.4 Å². The summed E-state index contributed by atoms with van der Waals surface area (Å²) in [6.07, 6.45) is 15.7. The zero-order valence-corrected chi connectivity index (χ0v) is 50.3. The van der Waals surface area contributed by atoms with Crippen molar-refractivity contribution in [2.45, 2.75) is 173 Å². The number of hydrogen-bond acceptors (Lipinski definition) is 15. The molecule has 3 N–H and O–H groups in total. The highest BCUT2D eigenvalue weighted by molar-refractivity contribution is 7.10. The number of nitrogens with zero attached hydrogens (tertiary/aromatic N) is 2. The van der Waals surface area contributed by atoms with Gasteiger partial charge in [-0.05, 0) is 118 Å². The molecule has 1 aromatic carbocycles. The van der Waals surface area contributed by atoms with Gasteiger partial charge in [-0.15, -0.1) is 11.3 Å². The second-order valence-electron chi connectivity index (χ2n) is 24.0. The summed E-state index contributed by atoms with van der Waals surface area (Å²) in [4.78, 5) is 73.5. The Morgan fingerprint density at radius 1 is 0.924 bits per heavy atom. The number of likely N-dealkylation sites (N-methyl/N-ethyl adjacent to an activating group) is 1. The zero-order chi connectivity index (χ0) is 56.7. The van der Waals surface area contributed by atoms with Gasteiger partial charge >= 0.3 is 12.1 Å². The molecule has 17 nitrogen and oxygen atoms in total. The number of likely N-dealkylation sites (tertiary alicyclic amines) is 1. The van der Waals surface area contributed by atoms with E-state index in [0.29, 0.717) is 82.6 Å². The van der Waals surface area contributed by atoms with E-state index in [1.54, 1.807) is 43.6 Å². The van der Waals surface area contributed by atoms with Gasteiger partial charge in [0.05, 0.1) is 64.2 Å². The number of rotatable bonds is 27. The minimum atomic E-state index is -2.04. The maximum atomic E-state index is 14.2. The van der Waals surface area contributed by atoms with Gasteiger partial charge in [0.2, 0.25) is 17.6 Å². The molecule has 79 heavy (non-hydrogen) atoms. The molecule has 2 aliphatic heterocycles. The number of hydrogen-bond donors (Lipinski definition) is 3. The van der Waals surface area contributed by atoms with Crippen LogP contribution in [0.3, 0.4) is 0 Å². The van der Waals surface area contributed by atoms with Gasteiger partial charge in [-0.25, -0.2) is 9.78 Å². The number of ketones is 1. The Morgan fingerprint density at radius 2 is 1.65 bits per heavy atom. The lowest BCUT2D eigenvalue weighted by Crippen LogP contribution is -2.55. The first-order chi connectivity index (χ1) is 37.8. The predicted octanol–water partition coefficient (Wildman–Crippen LogP) is 9.51. The smallest absolute Gasteiger partial charge is 0.407 e. The third-order valence-corrected chi connectivity index (χ3v) is 22.6. The van der Waals surface area contributed by atoms with Crippen LogP contribution in [0.4, 0.5) is 4.79 Å². The second kappa shape index (κ2) is 29.5. The number of carbonyl (C=O) groups excluding carboxylic acids is 5. The highest BCUT2D eigenvalue weighted by atomic mass is 32.1. The van der Waals surface area contributed by atoms with Crippen LogP contribution in [-0.4, -0.2) is 145 Å². The van der Waals surface area contributed by atoms with Crippen molar-refractivity contribution in [3.8, 4) is 5.75 Å². The fourth-order valence-corrected chi connectivity index (χ4v) is 13.9. The molecular weight excluding hydrogens is 1040 g/mol. The number of carbonyl (C=O) groups is 5. The topological polar surface area (TPSA) is 202 Å². The molecule has 2 saturated heterocycles. The normalized spacial score (nSPS) is 25.4. The van der Waals surface area contributed by atoms with E-state index >= 15 is 0 Å². The lowest BCUT2D eigenvalue weighted by Gasteiger charge is -2.44. The van der Waals surface area contributed by atoms with E-state index in [2.05, 4.69) is 81.9 Å². The fourth-order valence-electron chi connectivity index (χ4n) is 11.6. The van der Waals surface area contributed by atoms with Crippen LogP contribution in [0.5, 0.6) is 5.75 Å². The summed E-state index contributed by atoms with van der Waals surface area (Å²) in [6.45, 7) is 20.6. The number of fused-ring (bicyclic) bond motifs is 1. The molecule has 0 unspecified atom stereocenters. The van der Waals surface area contributed by atoms with Gasteiger partial charge in [0.1, 0.15) is 41.3 Å². The molecule has 2 aromatic rings. The molecule has 0 radical (unpaired) electrons. The minimum absolute atomic E-state index is 0.0543. The van der Waals surface area contributed by atoms with Crippen molar-refractivity contribution >= 4 is 49.3 Å². The number of alkyl carbamates (subject to hydrolysis) is 1. The molecule has 7 rings (SSSR count). The molecule has 438 valence electrons. The average molecular weight is 1130 g/mol. The molecular formula is C60H91N5O12SSi. The van der Waals surface area contributed by atoms with E-state index in [1.165, 1.54) is 16.9 Å². The number of thiazole rings is 1. The fraction of sp³-hybridized carbons (Fsp3) is 0.700. The number of nitrogens with one attached hydrogen (secondary N) is 3. The lowest BCUT2D eigenvalue weighted by molar-refractivity contribution is -0.160. The summed E-state index contributed by atoms with van der Waals surface area (Å²) in [5.74, 6) is 0.810. The van der Waals surface area contributed by atoms with Crippen molar-refractivity contribution in [1.29, 1.82) is 0 Å². The Bertz CT molecular complexity index is 2400. The largest absolute Gasteiger partial charge is 0.491 e. The molecule has 3 amide bonds. The summed E-state index contributed by atoms with van der Waals surface area (Å²) in [7, 11) is -0.308. The zero-order valence-electron chi connectivity index (χ0n) is 48.5. The molecule has 1 saturated carbocycles. The molecule has 10 atom stereocenters. The Morgan fingerprint density at radius 3 is 2.37 bits per heavy atom. The van der Waals surface area contributed by atoms with Crippen LogP contribution in [-0.2, 0) is 42.5 Å². The van der Waals surface area contributed by atoms with E-state index in [9.17, 15) is 24.0 Å². The van der Waals surface area contributed by atoms with Crippen molar-refractivity contribution in [3.63, 3.8) is 0 Å². The van der Waals surface area contributed by atoms with Gasteiger partial charge in [-0.3, -0.25) is 19.2 Å². The monoisotopic (exact) mass is 1130 g/mol. The van der Waals surface area contributed by atoms with E-state index in [-0.39, 0.29) is 89.2 Å². The van der Waals surface area contributed by atoms with Gasteiger partial charge < -0.3 is 53.7 Å². The van der Waals surface area contributed by atoms with E-state index in [4.69, 9.17) is 37.8 Å². The Balaban J connectivity index is 0.757. The Kier molecular flexibility index (Phi) is 23.2. The van der Waals surface area contributed by atoms with Gasteiger partial charge in [-0.1, -0.05) is 84.2 Å². The number of esters is 1. The average Bonchev–Trinajstić information content (AvgIpc) is 4.12. The summed E-state index contributed by atoms with van der Waals surface area (Å²) >= 11 is 1.39. The maximum Gasteiger partial charge on any atom is 0.407 e. The summed E-state index contributed by atoms with van der Waals surface area (Å²) in [6, 6.07) is 5.76. The van der Waals surface area contributed by atoms with E-state index < -0.39 is 26.5 Å². The molecule has 0 spiro atoms. The quantitative estimate of drug-likeness (QED) is 0.0330. The second-order valence-corrected chi connectivity index (χ2v) is 29.6. The predicted molar refractivity (Wildman–Crippen MR) is 306 cm³/mol. The van der Waals surface area contributed by atoms with Crippen LogP contribution in [0, 0.1) is 29.6 Å². The highest BCUT2D eigenvalue weighted by Crippen LogP contribution is 2.46. The third kappa shape index (κ3) is 17.5. The molecule has 3 aliphatic carbocycles. The molecule has 5 aliphatic rings. The third-order valence-electron chi connectivity index (χ3n) is 17.1. The molecule has 3 heterocycles. The lowest BCUT2D eigenvalue weighted by atomic mass is 9.65. The van der Waals surface area contributed by atoms with Gasteiger partial charge in [0, 0.05) is 36.4 Å². The number of amides is 3. The summed E-state index contributed by atoms with van der Waals surface area (Å²) in [5.41, 5.74) is 1.99. The number of benzene rings is 1. The first-order valence-electron chi connectivity index (χ1n) is 29.3. The Hall–Kier alpha value is -4.50. The van der Waals surface area contributed by atoms with Crippen LogP contribution < -0.4 is 20.7 Å². The van der Waals surface area contributed by atoms with Gasteiger partial charge in [0.15, 0.2) is 8.32 Å². The van der Waals surface area contributed by atoms with E-state index in [0.717, 1.165) is 69.2 Å². The first-order valence-corrected chi connectivity index (χ1v) is 33.1. The van der Waals surface area contributed by atoms with E-state index in [1.807, 2.05) is 4.90 Å². The maximum absolute atomic E-state index is 14.2. The first kappa shape index (κ1) is 62.1. The van der Waals surface area contributed by atoms with Crippen LogP contribution in [0.25, 0.3) is 0 Å². The van der Waals surface area contributed by atoms with Crippen molar-refractivity contribution in [3.05, 3.63) is 69.7 Å². The van der Waals surface area contributed by atoms with Crippen LogP contribution >= 0.6 is 11.3 Å². The van der Waals surface area contributed by atoms with Gasteiger partial charge in [0.25, 0.3) is 0 Å². The number of cyclic esters (lactones) is 1. The van der Waals surface area contributed by atoms with Crippen molar-refractivity contribution in [2.24, 2.45) is 29.6 Å². The standard InChI is InChI=1S/C60H91N5O12SSi/c1-39-33-43-21-20-40(2)48(23-22-46-36-47(37-52(66)75-46)77-79(8,9)60(4,5)6)53(43)51(34-39)76-59(70)62-24-26-71-27-28-72-29-30-73-31-32-74-45-18-13-17-44(35-45)55(67)49-38-78-57(63-49)50-19-14-25-65(50)58(69)54(42-15-11-10-12-16-42)64-56(68)41(3)61-7/h13,17-18,20-21,33,35,38-42,46-48,50-51,53-54,61H,10-12,14-16,19,22-32,34,36-37H2,1-9H3,(H,62,70)(H,64,68)/t39-,40-,41-,46+,47+,48-,50-,51-,53-,54-/m0/s1. The van der Waals surface area contributed by atoms with Crippen LogP contribution in [0.2, 0.25) is 18.1 Å². The number of ether oxygens (including phenoxy) is 6. The molecule has 0 bridgehead atoms. The summed E-state index contributed by atoms with van der Waals surface area (Å²) in [5, 5.41) is 11.5. The number of allylic oxidation sites excluding steroid dienone is 3. The molecule has 3 fully saturated rings. The number of aromatic nitrogens is 1. The van der Waals surface area contributed by atoms with Crippen molar-refractivity contribution in [1.82, 2.24) is 25.8 Å². The van der Waals surface area contributed by atoms with Crippen LogP contribution in [0.15, 0.2) is 53.4 Å². The minimum Gasteiger partial charge on any atom is -0.491 e. The van der Waals surface area contributed by atoms with Crippen LogP contribution in [0.1, 0.15) is 146 Å². The highest BCUT2D eigenvalue weighted by Gasteiger charge is 2.45. The molecule has 1 aromatic heterocycles.